The van der Waals surface area contributed by atoms with Crippen LogP contribution in [0.3, 0.4) is 0 Å². The van der Waals surface area contributed by atoms with Crippen LogP contribution in [0.4, 0.5) is 4.79 Å². The lowest BCUT2D eigenvalue weighted by atomic mass is 9.72. The standard InChI is InChI=1S/C24H27NO3S/c1-23(2,3)15-24(4,5)17-10-12-18(13-11-17)28-19-9-7-6-8-16(19)14-20-21(26)25-22(27)29-20/h6-14H,15H2,1-5H3,(H,25,26,27)/b20-14+. The summed E-state index contributed by atoms with van der Waals surface area (Å²) in [5.41, 5.74) is 2.33. The van der Waals surface area contributed by atoms with Crippen LogP contribution in [0.25, 0.3) is 6.08 Å². The van der Waals surface area contributed by atoms with Crippen molar-refractivity contribution in [2.45, 2.75) is 46.5 Å². The third kappa shape index (κ3) is 5.51. The van der Waals surface area contributed by atoms with Crippen LogP contribution < -0.4 is 10.1 Å². The molecule has 0 atom stereocenters. The predicted octanol–water partition coefficient (Wildman–Crippen LogP) is 6.52. The van der Waals surface area contributed by atoms with Crippen molar-refractivity contribution in [1.82, 2.24) is 5.32 Å². The maximum absolute atomic E-state index is 11.8. The molecule has 1 aliphatic rings. The number of ether oxygens (including phenoxy) is 1. The van der Waals surface area contributed by atoms with E-state index in [0.717, 1.165) is 29.5 Å². The van der Waals surface area contributed by atoms with E-state index in [0.29, 0.717) is 10.7 Å². The third-order valence-electron chi connectivity index (χ3n) is 4.68. The molecule has 0 radical (unpaired) electrons. The van der Waals surface area contributed by atoms with E-state index in [1.807, 2.05) is 36.4 Å². The monoisotopic (exact) mass is 409 g/mol. The van der Waals surface area contributed by atoms with Crippen LogP contribution in [0.5, 0.6) is 11.5 Å². The summed E-state index contributed by atoms with van der Waals surface area (Å²) in [6, 6.07) is 15.6. The molecule has 0 saturated carbocycles. The first-order valence-electron chi connectivity index (χ1n) is 9.66. The number of hydrogen-bond donors (Lipinski definition) is 1. The molecule has 0 spiro atoms. The number of imide groups is 1. The molecule has 1 heterocycles. The van der Waals surface area contributed by atoms with Gasteiger partial charge in [0.25, 0.3) is 11.1 Å². The second-order valence-corrected chi connectivity index (χ2v) is 10.2. The smallest absolute Gasteiger partial charge is 0.290 e. The quantitative estimate of drug-likeness (QED) is 0.571. The fourth-order valence-electron chi connectivity index (χ4n) is 3.78. The van der Waals surface area contributed by atoms with E-state index in [1.165, 1.54) is 5.56 Å². The molecular weight excluding hydrogens is 382 g/mol. The van der Waals surface area contributed by atoms with Gasteiger partial charge in [0, 0.05) is 5.56 Å². The van der Waals surface area contributed by atoms with Crippen molar-refractivity contribution >= 4 is 29.0 Å². The molecule has 1 aliphatic heterocycles. The van der Waals surface area contributed by atoms with Gasteiger partial charge in [-0.3, -0.25) is 14.9 Å². The van der Waals surface area contributed by atoms with E-state index in [1.54, 1.807) is 6.08 Å². The summed E-state index contributed by atoms with van der Waals surface area (Å²) in [5, 5.41) is 1.91. The summed E-state index contributed by atoms with van der Waals surface area (Å²) >= 11 is 0.899. The van der Waals surface area contributed by atoms with Crippen molar-refractivity contribution in [1.29, 1.82) is 0 Å². The number of nitrogens with one attached hydrogen (secondary N) is 1. The van der Waals surface area contributed by atoms with E-state index in [-0.39, 0.29) is 22.0 Å². The zero-order valence-corrected chi connectivity index (χ0v) is 18.4. The Morgan fingerprint density at radius 1 is 0.966 bits per heavy atom. The summed E-state index contributed by atoms with van der Waals surface area (Å²) in [6.45, 7) is 11.3. The minimum atomic E-state index is -0.375. The summed E-state index contributed by atoms with van der Waals surface area (Å²) < 4.78 is 6.08. The normalized spacial score (nSPS) is 16.2. The highest BCUT2D eigenvalue weighted by Crippen LogP contribution is 2.37. The van der Waals surface area contributed by atoms with Gasteiger partial charge in [-0.2, -0.15) is 0 Å². The lowest BCUT2D eigenvalue weighted by Crippen LogP contribution is -2.24. The first kappa shape index (κ1) is 21.2. The maximum atomic E-state index is 11.8. The van der Waals surface area contributed by atoms with Crippen LogP contribution in [0.15, 0.2) is 53.4 Å². The minimum Gasteiger partial charge on any atom is -0.457 e. The minimum absolute atomic E-state index is 0.0682. The van der Waals surface area contributed by atoms with Crippen LogP contribution in [-0.2, 0) is 10.2 Å². The van der Waals surface area contributed by atoms with Gasteiger partial charge < -0.3 is 4.74 Å². The fourth-order valence-corrected chi connectivity index (χ4v) is 4.46. The average molecular weight is 410 g/mol. The second kappa shape index (κ2) is 8.07. The second-order valence-electron chi connectivity index (χ2n) is 9.14. The summed E-state index contributed by atoms with van der Waals surface area (Å²) in [6.07, 6.45) is 2.76. The van der Waals surface area contributed by atoms with Crippen molar-refractivity contribution in [3.63, 3.8) is 0 Å². The first-order chi connectivity index (χ1) is 13.5. The van der Waals surface area contributed by atoms with E-state index in [4.69, 9.17) is 4.74 Å². The Bertz CT molecular complexity index is 953. The highest BCUT2D eigenvalue weighted by molar-refractivity contribution is 8.18. The van der Waals surface area contributed by atoms with Crippen molar-refractivity contribution in [3.8, 4) is 11.5 Å². The molecular formula is C24H27NO3S. The Morgan fingerprint density at radius 3 is 2.21 bits per heavy atom. The van der Waals surface area contributed by atoms with Crippen molar-refractivity contribution < 1.29 is 14.3 Å². The molecule has 2 aromatic rings. The van der Waals surface area contributed by atoms with Gasteiger partial charge >= 0.3 is 0 Å². The molecule has 1 fully saturated rings. The number of carbonyl (C=O) groups is 2. The molecule has 0 bridgehead atoms. The van der Waals surface area contributed by atoms with Gasteiger partial charge in [-0.15, -0.1) is 0 Å². The number of hydrogen-bond acceptors (Lipinski definition) is 4. The fraction of sp³-hybridized carbons (Fsp3) is 0.333. The number of benzene rings is 2. The Balaban J connectivity index is 1.80. The summed E-state index contributed by atoms with van der Waals surface area (Å²) in [7, 11) is 0. The highest BCUT2D eigenvalue weighted by Gasteiger charge is 2.27. The zero-order valence-electron chi connectivity index (χ0n) is 17.5. The molecule has 2 amide bonds. The largest absolute Gasteiger partial charge is 0.457 e. The van der Waals surface area contributed by atoms with Crippen LogP contribution >= 0.6 is 11.8 Å². The number of thioether (sulfide) groups is 1. The van der Waals surface area contributed by atoms with Crippen molar-refractivity contribution in [2.75, 3.05) is 0 Å². The molecule has 0 aromatic heterocycles. The summed E-state index contributed by atoms with van der Waals surface area (Å²) in [5.74, 6) is 0.987. The number of rotatable bonds is 5. The topological polar surface area (TPSA) is 55.4 Å². The first-order valence-corrected chi connectivity index (χ1v) is 10.5. The SMILES string of the molecule is CC(C)(C)CC(C)(C)c1ccc(Oc2ccccc2/C=C2/SC(=O)NC2=O)cc1. The molecule has 152 valence electrons. The van der Waals surface area contributed by atoms with E-state index >= 15 is 0 Å². The lowest BCUT2D eigenvalue weighted by Gasteiger charge is -2.33. The van der Waals surface area contributed by atoms with Crippen LogP contribution in [0.1, 0.15) is 52.2 Å². The summed E-state index contributed by atoms with van der Waals surface area (Å²) in [4.78, 5) is 23.6. The lowest BCUT2D eigenvalue weighted by molar-refractivity contribution is -0.115. The Labute approximate surface area is 176 Å². The molecule has 2 aromatic carbocycles. The Hall–Kier alpha value is -2.53. The molecule has 1 N–H and O–H groups in total. The number of para-hydroxylation sites is 1. The van der Waals surface area contributed by atoms with Crippen LogP contribution in [-0.4, -0.2) is 11.1 Å². The number of carbonyl (C=O) groups excluding carboxylic acids is 2. The van der Waals surface area contributed by atoms with Crippen LogP contribution in [0.2, 0.25) is 0 Å². The van der Waals surface area contributed by atoms with Gasteiger partial charge in [-0.05, 0) is 58.9 Å². The van der Waals surface area contributed by atoms with Gasteiger partial charge in [0.05, 0.1) is 4.91 Å². The highest BCUT2D eigenvalue weighted by atomic mass is 32.2. The van der Waals surface area contributed by atoms with Gasteiger partial charge in [0.2, 0.25) is 0 Å². The van der Waals surface area contributed by atoms with Gasteiger partial charge in [-0.1, -0.05) is 65.0 Å². The molecule has 4 nitrogen and oxygen atoms in total. The molecule has 5 heteroatoms. The molecule has 0 unspecified atom stereocenters. The maximum Gasteiger partial charge on any atom is 0.290 e. The van der Waals surface area contributed by atoms with Crippen LogP contribution in [0, 0.1) is 5.41 Å². The third-order valence-corrected chi connectivity index (χ3v) is 5.49. The van der Waals surface area contributed by atoms with Gasteiger partial charge in [0.1, 0.15) is 11.5 Å². The predicted molar refractivity (Wildman–Crippen MR) is 119 cm³/mol. The molecule has 1 saturated heterocycles. The molecule has 0 aliphatic carbocycles. The van der Waals surface area contributed by atoms with Gasteiger partial charge in [-0.25, -0.2) is 0 Å². The zero-order chi connectivity index (χ0) is 21.2. The Kier molecular flexibility index (Phi) is 5.90. The van der Waals surface area contributed by atoms with E-state index < -0.39 is 0 Å². The Morgan fingerprint density at radius 2 is 1.62 bits per heavy atom. The van der Waals surface area contributed by atoms with Gasteiger partial charge in [0.15, 0.2) is 0 Å². The van der Waals surface area contributed by atoms with E-state index in [9.17, 15) is 9.59 Å². The average Bonchev–Trinajstić information content (AvgIpc) is 2.92. The van der Waals surface area contributed by atoms with Crippen molar-refractivity contribution in [2.24, 2.45) is 5.41 Å². The van der Waals surface area contributed by atoms with Crippen molar-refractivity contribution in [3.05, 3.63) is 64.6 Å². The molecule has 29 heavy (non-hydrogen) atoms. The molecule has 3 rings (SSSR count). The number of amides is 2. The van der Waals surface area contributed by atoms with E-state index in [2.05, 4.69) is 52.1 Å².